The Morgan fingerprint density at radius 3 is 1.15 bits per heavy atom. The van der Waals surface area contributed by atoms with Crippen LogP contribution in [0, 0.1) is 17.3 Å². The fourth-order valence-electron chi connectivity index (χ4n) is 3.84. The third kappa shape index (κ3) is 5.75. The second kappa shape index (κ2) is 8.89. The maximum absolute atomic E-state index is 13.6. The Hall–Kier alpha value is -0.500. The van der Waals surface area contributed by atoms with Gasteiger partial charge in [0.1, 0.15) is 0 Å². The Morgan fingerprint density at radius 1 is 0.593 bits per heavy atom. The van der Waals surface area contributed by atoms with E-state index in [4.69, 9.17) is 9.47 Å². The summed E-state index contributed by atoms with van der Waals surface area (Å²) in [6, 6.07) is 0. The molecular formula is C19H30F6O2. The maximum atomic E-state index is 13.6. The Morgan fingerprint density at radius 2 is 0.889 bits per heavy atom. The van der Waals surface area contributed by atoms with Crippen molar-refractivity contribution < 1.29 is 35.8 Å². The van der Waals surface area contributed by atoms with Gasteiger partial charge in [-0.05, 0) is 63.2 Å². The van der Waals surface area contributed by atoms with Gasteiger partial charge in [0.15, 0.2) is 0 Å². The normalized spacial score (nSPS) is 31.1. The third-order valence-electron chi connectivity index (χ3n) is 6.14. The van der Waals surface area contributed by atoms with Crippen LogP contribution in [-0.2, 0) is 9.47 Å². The highest BCUT2D eigenvalue weighted by molar-refractivity contribution is 4.94. The van der Waals surface area contributed by atoms with Gasteiger partial charge in [-0.15, -0.1) is 0 Å². The van der Waals surface area contributed by atoms with E-state index < -0.39 is 43.2 Å². The second-order valence-corrected chi connectivity index (χ2v) is 8.46. The van der Waals surface area contributed by atoms with E-state index in [9.17, 15) is 26.3 Å². The number of hydrogen-bond donors (Lipinski definition) is 0. The topological polar surface area (TPSA) is 18.5 Å². The van der Waals surface area contributed by atoms with E-state index in [2.05, 4.69) is 0 Å². The molecule has 2 saturated carbocycles. The van der Waals surface area contributed by atoms with Crippen LogP contribution in [0.2, 0.25) is 0 Å². The second-order valence-electron chi connectivity index (χ2n) is 8.46. The largest absolute Gasteiger partial charge is 0.407 e. The van der Waals surface area contributed by atoms with Crippen LogP contribution in [0.15, 0.2) is 0 Å². The Bertz CT molecular complexity index is 404. The SMILES string of the molecule is CC1CCC(OCC(COC2CCC(C)CC2)(C(F)(F)F)C(F)(F)F)CC1. The molecule has 0 spiro atoms. The molecule has 0 saturated heterocycles. The first-order chi connectivity index (χ1) is 12.4. The minimum atomic E-state index is -5.49. The van der Waals surface area contributed by atoms with Crippen LogP contribution in [0.25, 0.3) is 0 Å². The lowest BCUT2D eigenvalue weighted by Gasteiger charge is -2.39. The molecule has 2 aliphatic carbocycles. The Balaban J connectivity index is 2.07. The molecule has 8 heteroatoms. The van der Waals surface area contributed by atoms with E-state index in [-0.39, 0.29) is 0 Å². The van der Waals surface area contributed by atoms with Gasteiger partial charge in [-0.2, -0.15) is 26.3 Å². The van der Waals surface area contributed by atoms with Gasteiger partial charge in [0.05, 0.1) is 25.4 Å². The Kier molecular flexibility index (Phi) is 7.50. The molecule has 0 heterocycles. The van der Waals surface area contributed by atoms with Gasteiger partial charge in [-0.1, -0.05) is 13.8 Å². The summed E-state index contributed by atoms with van der Waals surface area (Å²) in [5.41, 5.74) is -3.98. The van der Waals surface area contributed by atoms with E-state index >= 15 is 0 Å². The minimum Gasteiger partial charge on any atom is -0.377 e. The van der Waals surface area contributed by atoms with Crippen LogP contribution >= 0.6 is 0 Å². The number of halogens is 6. The first-order valence-corrected chi connectivity index (χ1v) is 9.81. The predicted octanol–water partition coefficient (Wildman–Crippen LogP) is 6.29. The maximum Gasteiger partial charge on any atom is 0.407 e. The van der Waals surface area contributed by atoms with Crippen LogP contribution in [0.3, 0.4) is 0 Å². The van der Waals surface area contributed by atoms with Crippen molar-refractivity contribution in [3.8, 4) is 0 Å². The molecule has 0 amide bonds. The van der Waals surface area contributed by atoms with Crippen LogP contribution < -0.4 is 0 Å². The zero-order chi connectivity index (χ0) is 20.3. The van der Waals surface area contributed by atoms with Gasteiger partial charge in [-0.25, -0.2) is 0 Å². The first-order valence-electron chi connectivity index (χ1n) is 9.81. The molecule has 0 aromatic heterocycles. The number of ether oxygens (including phenoxy) is 2. The smallest absolute Gasteiger partial charge is 0.377 e. The molecule has 0 atom stereocenters. The zero-order valence-electron chi connectivity index (χ0n) is 16.0. The summed E-state index contributed by atoms with van der Waals surface area (Å²) in [7, 11) is 0. The molecule has 0 aromatic rings. The summed E-state index contributed by atoms with van der Waals surface area (Å²) in [4.78, 5) is 0. The highest BCUT2D eigenvalue weighted by Gasteiger charge is 2.71. The molecule has 0 radical (unpaired) electrons. The average Bonchev–Trinajstić information content (AvgIpc) is 2.56. The summed E-state index contributed by atoms with van der Waals surface area (Å²) in [6.07, 6.45) is -7.09. The highest BCUT2D eigenvalue weighted by Crippen LogP contribution is 2.51. The van der Waals surface area contributed by atoms with Crippen LogP contribution in [0.4, 0.5) is 26.3 Å². The number of hydrogen-bond acceptors (Lipinski definition) is 2. The molecule has 0 N–H and O–H groups in total. The standard InChI is InChI=1S/C19H30F6O2/c1-13-3-7-15(8-4-13)26-11-17(18(20,21)22,19(23,24)25)12-27-16-9-5-14(2)6-10-16/h13-16H,3-12H2,1-2H3. The van der Waals surface area contributed by atoms with Gasteiger partial charge in [0.2, 0.25) is 5.41 Å². The average molecular weight is 404 g/mol. The van der Waals surface area contributed by atoms with E-state index in [0.717, 1.165) is 25.7 Å². The van der Waals surface area contributed by atoms with Crippen molar-refractivity contribution in [1.82, 2.24) is 0 Å². The summed E-state index contributed by atoms with van der Waals surface area (Å²) < 4.78 is 92.1. The van der Waals surface area contributed by atoms with Crippen LogP contribution in [-0.4, -0.2) is 37.8 Å². The Labute approximate surface area is 157 Å². The molecule has 0 unspecified atom stereocenters. The van der Waals surface area contributed by atoms with Gasteiger partial charge < -0.3 is 9.47 Å². The number of alkyl halides is 6. The molecule has 2 rings (SSSR count). The van der Waals surface area contributed by atoms with Crippen molar-refractivity contribution in [2.75, 3.05) is 13.2 Å². The summed E-state index contributed by atoms with van der Waals surface area (Å²) in [5, 5.41) is 0. The van der Waals surface area contributed by atoms with Crippen molar-refractivity contribution in [3.63, 3.8) is 0 Å². The van der Waals surface area contributed by atoms with Gasteiger partial charge in [0.25, 0.3) is 0 Å². The van der Waals surface area contributed by atoms with Gasteiger partial charge in [0, 0.05) is 0 Å². The van der Waals surface area contributed by atoms with E-state index in [1.807, 2.05) is 13.8 Å². The van der Waals surface area contributed by atoms with Crippen molar-refractivity contribution in [3.05, 3.63) is 0 Å². The van der Waals surface area contributed by atoms with E-state index in [1.54, 1.807) is 0 Å². The number of rotatable bonds is 6. The lowest BCUT2D eigenvalue weighted by atomic mass is 9.86. The molecule has 0 aromatic carbocycles. The molecule has 2 nitrogen and oxygen atoms in total. The minimum absolute atomic E-state index is 0.428. The van der Waals surface area contributed by atoms with Crippen molar-refractivity contribution in [2.45, 2.75) is 89.8 Å². The zero-order valence-corrected chi connectivity index (χ0v) is 16.0. The molecule has 2 aliphatic rings. The monoisotopic (exact) mass is 404 g/mol. The molecule has 0 bridgehead atoms. The fraction of sp³-hybridized carbons (Fsp3) is 1.00. The van der Waals surface area contributed by atoms with Crippen LogP contribution in [0.1, 0.15) is 65.2 Å². The van der Waals surface area contributed by atoms with Crippen molar-refractivity contribution in [1.29, 1.82) is 0 Å². The third-order valence-corrected chi connectivity index (χ3v) is 6.14. The fourth-order valence-corrected chi connectivity index (χ4v) is 3.84. The molecular weight excluding hydrogens is 374 g/mol. The molecule has 160 valence electrons. The highest BCUT2D eigenvalue weighted by atomic mass is 19.4. The lowest BCUT2D eigenvalue weighted by molar-refractivity contribution is -0.368. The predicted molar refractivity (Wildman–Crippen MR) is 89.3 cm³/mol. The summed E-state index contributed by atoms with van der Waals surface area (Å²) in [6.45, 7) is 1.18. The first kappa shape index (κ1) is 22.8. The summed E-state index contributed by atoms with van der Waals surface area (Å²) in [5.74, 6) is 0.855. The van der Waals surface area contributed by atoms with Gasteiger partial charge in [-0.3, -0.25) is 0 Å². The van der Waals surface area contributed by atoms with Crippen LogP contribution in [0.5, 0.6) is 0 Å². The molecule has 0 aliphatic heterocycles. The van der Waals surface area contributed by atoms with E-state index in [1.165, 1.54) is 0 Å². The van der Waals surface area contributed by atoms with Crippen molar-refractivity contribution >= 4 is 0 Å². The quantitative estimate of drug-likeness (QED) is 0.485. The molecule has 2 fully saturated rings. The van der Waals surface area contributed by atoms with Crippen molar-refractivity contribution in [2.24, 2.45) is 17.3 Å². The summed E-state index contributed by atoms with van der Waals surface area (Å²) >= 11 is 0. The lowest BCUT2D eigenvalue weighted by Crippen LogP contribution is -2.57. The van der Waals surface area contributed by atoms with E-state index in [0.29, 0.717) is 37.5 Å². The van der Waals surface area contributed by atoms with Gasteiger partial charge >= 0.3 is 12.4 Å². The molecule has 27 heavy (non-hydrogen) atoms.